The van der Waals surface area contributed by atoms with Crippen molar-refractivity contribution in [2.24, 2.45) is 0 Å². The van der Waals surface area contributed by atoms with Crippen LogP contribution in [-0.4, -0.2) is 35.4 Å². The Bertz CT molecular complexity index is 939. The fourth-order valence-corrected chi connectivity index (χ4v) is 3.53. The summed E-state index contributed by atoms with van der Waals surface area (Å²) in [4.78, 5) is 27.3. The number of carbonyl (C=O) groups is 2. The van der Waals surface area contributed by atoms with Gasteiger partial charge in [-0.3, -0.25) is 9.59 Å². The second-order valence-electron chi connectivity index (χ2n) is 7.45. The van der Waals surface area contributed by atoms with Gasteiger partial charge in [0.25, 0.3) is 5.91 Å². The summed E-state index contributed by atoms with van der Waals surface area (Å²) in [5.41, 5.74) is 1.69. The van der Waals surface area contributed by atoms with Crippen molar-refractivity contribution in [2.75, 3.05) is 6.61 Å². The Morgan fingerprint density at radius 1 is 1.16 bits per heavy atom. The highest BCUT2D eigenvalue weighted by molar-refractivity contribution is 9.10. The van der Waals surface area contributed by atoms with Crippen LogP contribution in [0.5, 0.6) is 5.75 Å². The average molecular weight is 530 g/mol. The molecule has 168 valence electrons. The van der Waals surface area contributed by atoms with Gasteiger partial charge < -0.3 is 15.0 Å². The van der Waals surface area contributed by atoms with Crippen LogP contribution in [0, 0.1) is 6.92 Å². The Hall–Kier alpha value is -1.76. The molecule has 8 heteroatoms. The number of hydrogen-bond donors (Lipinski definition) is 1. The smallest absolute Gasteiger partial charge is 0.261 e. The van der Waals surface area contributed by atoms with E-state index in [4.69, 9.17) is 27.9 Å². The maximum absolute atomic E-state index is 13.1. The normalized spacial score (nSPS) is 12.7. The molecule has 0 spiro atoms. The number of ether oxygens (including phenoxy) is 1. The van der Waals surface area contributed by atoms with E-state index in [0.29, 0.717) is 21.4 Å². The Balaban J connectivity index is 2.21. The lowest BCUT2D eigenvalue weighted by atomic mass is 10.1. The molecule has 2 aromatic rings. The minimum Gasteiger partial charge on any atom is -0.484 e. The topological polar surface area (TPSA) is 58.6 Å². The van der Waals surface area contributed by atoms with E-state index in [-0.39, 0.29) is 31.0 Å². The molecule has 1 N–H and O–H groups in total. The lowest BCUT2D eigenvalue weighted by molar-refractivity contribution is -0.142. The summed E-state index contributed by atoms with van der Waals surface area (Å²) in [6, 6.07) is 9.87. The molecule has 0 saturated heterocycles. The molecule has 0 radical (unpaired) electrons. The molecule has 0 aliphatic heterocycles. The number of hydrogen-bond acceptors (Lipinski definition) is 3. The highest BCUT2D eigenvalue weighted by atomic mass is 79.9. The second-order valence-corrected chi connectivity index (χ2v) is 9.15. The molecule has 5 nitrogen and oxygen atoms in total. The predicted molar refractivity (Wildman–Crippen MR) is 129 cm³/mol. The number of rotatable bonds is 9. The highest BCUT2D eigenvalue weighted by Crippen LogP contribution is 2.24. The summed E-state index contributed by atoms with van der Waals surface area (Å²) in [6.07, 6.45) is 0.793. The fourth-order valence-electron chi connectivity index (χ4n) is 2.82. The van der Waals surface area contributed by atoms with Crippen LogP contribution >= 0.6 is 39.1 Å². The second kappa shape index (κ2) is 11.7. The number of nitrogens with zero attached hydrogens (tertiary/aromatic N) is 1. The third-order valence-electron chi connectivity index (χ3n) is 5.02. The molecule has 2 amide bonds. The zero-order chi connectivity index (χ0) is 23.1. The maximum Gasteiger partial charge on any atom is 0.261 e. The van der Waals surface area contributed by atoms with E-state index in [9.17, 15) is 9.59 Å². The van der Waals surface area contributed by atoms with Crippen LogP contribution in [0.3, 0.4) is 0 Å². The third-order valence-corrected chi connectivity index (χ3v) is 6.49. The van der Waals surface area contributed by atoms with Gasteiger partial charge in [-0.15, -0.1) is 0 Å². The molecule has 0 saturated carbocycles. The van der Waals surface area contributed by atoms with Gasteiger partial charge in [0.1, 0.15) is 11.8 Å². The van der Waals surface area contributed by atoms with Crippen LogP contribution in [0.2, 0.25) is 10.0 Å². The summed E-state index contributed by atoms with van der Waals surface area (Å²) in [6.45, 7) is 7.50. The summed E-state index contributed by atoms with van der Waals surface area (Å²) in [5.74, 6) is 0.0286. The van der Waals surface area contributed by atoms with Gasteiger partial charge in [-0.1, -0.05) is 52.1 Å². The first-order valence-corrected chi connectivity index (χ1v) is 11.6. The molecule has 0 bridgehead atoms. The highest BCUT2D eigenvalue weighted by Gasteiger charge is 2.27. The Morgan fingerprint density at radius 3 is 2.48 bits per heavy atom. The van der Waals surface area contributed by atoms with Crippen molar-refractivity contribution in [1.29, 1.82) is 0 Å². The summed E-state index contributed by atoms with van der Waals surface area (Å²) >= 11 is 15.8. The molecule has 0 aliphatic carbocycles. The van der Waals surface area contributed by atoms with E-state index >= 15 is 0 Å². The maximum atomic E-state index is 13.1. The van der Waals surface area contributed by atoms with Gasteiger partial charge in [0.15, 0.2) is 6.61 Å². The van der Waals surface area contributed by atoms with Crippen molar-refractivity contribution >= 4 is 50.9 Å². The number of aryl methyl sites for hydroxylation is 1. The molecule has 0 aliphatic rings. The van der Waals surface area contributed by atoms with Crippen LogP contribution in [0.25, 0.3) is 0 Å². The van der Waals surface area contributed by atoms with Crippen molar-refractivity contribution in [2.45, 2.75) is 52.7 Å². The zero-order valence-corrected chi connectivity index (χ0v) is 21.1. The number of halogens is 3. The van der Waals surface area contributed by atoms with E-state index in [1.807, 2.05) is 32.9 Å². The van der Waals surface area contributed by atoms with Crippen LogP contribution < -0.4 is 10.1 Å². The van der Waals surface area contributed by atoms with Gasteiger partial charge in [0.2, 0.25) is 5.91 Å². The molecule has 2 atom stereocenters. The van der Waals surface area contributed by atoms with E-state index in [1.54, 1.807) is 31.2 Å². The first kappa shape index (κ1) is 25.5. The monoisotopic (exact) mass is 528 g/mol. The van der Waals surface area contributed by atoms with E-state index in [0.717, 1.165) is 16.5 Å². The SMILES string of the molecule is CC[C@@H](C)NC(=O)[C@H](C)N(Cc1ccc(Cl)cc1Cl)C(=O)COc1ccc(Br)c(C)c1. The number of benzene rings is 2. The molecule has 31 heavy (non-hydrogen) atoms. The molecule has 2 aromatic carbocycles. The molecule has 0 unspecified atom stereocenters. The molecule has 0 heterocycles. The van der Waals surface area contributed by atoms with Crippen molar-refractivity contribution in [3.63, 3.8) is 0 Å². The first-order valence-electron chi connectivity index (χ1n) is 10.0. The average Bonchev–Trinajstić information content (AvgIpc) is 2.73. The van der Waals surface area contributed by atoms with Crippen LogP contribution in [0.15, 0.2) is 40.9 Å². The van der Waals surface area contributed by atoms with Crippen molar-refractivity contribution in [3.05, 3.63) is 62.0 Å². The van der Waals surface area contributed by atoms with Crippen molar-refractivity contribution in [3.8, 4) is 5.75 Å². The molecule has 2 rings (SSSR count). The Kier molecular flexibility index (Phi) is 9.66. The Morgan fingerprint density at radius 2 is 1.87 bits per heavy atom. The Labute approximate surface area is 202 Å². The standard InChI is InChI=1S/C23H27BrCl2N2O3/c1-5-15(3)27-23(30)16(4)28(12-17-6-7-18(25)11-21(17)26)22(29)13-31-19-8-9-20(24)14(2)10-19/h6-11,15-16H,5,12-13H2,1-4H3,(H,27,30)/t15-,16+/m1/s1. The quantitative estimate of drug-likeness (QED) is 0.448. The number of amides is 2. The largest absolute Gasteiger partial charge is 0.484 e. The molecule has 0 fully saturated rings. The van der Waals surface area contributed by atoms with E-state index < -0.39 is 6.04 Å². The minimum absolute atomic E-state index is 0.00742. The number of nitrogens with one attached hydrogen (secondary N) is 1. The summed E-state index contributed by atoms with van der Waals surface area (Å²) < 4.78 is 6.66. The predicted octanol–water partition coefficient (Wildman–Crippen LogP) is 5.78. The van der Waals surface area contributed by atoms with Crippen LogP contribution in [0.1, 0.15) is 38.3 Å². The lowest BCUT2D eigenvalue weighted by Gasteiger charge is -2.30. The molecule has 0 aromatic heterocycles. The fraction of sp³-hybridized carbons (Fsp3) is 0.391. The van der Waals surface area contributed by atoms with Gasteiger partial charge in [-0.25, -0.2) is 0 Å². The van der Waals surface area contributed by atoms with Crippen LogP contribution in [0.4, 0.5) is 0 Å². The number of carbonyl (C=O) groups excluding carboxylic acids is 2. The lowest BCUT2D eigenvalue weighted by Crippen LogP contribution is -2.50. The summed E-state index contributed by atoms with van der Waals surface area (Å²) in [5, 5.41) is 3.87. The first-order chi connectivity index (χ1) is 14.6. The van der Waals surface area contributed by atoms with Gasteiger partial charge in [-0.2, -0.15) is 0 Å². The summed E-state index contributed by atoms with van der Waals surface area (Å²) in [7, 11) is 0. The van der Waals surface area contributed by atoms with Crippen molar-refractivity contribution < 1.29 is 14.3 Å². The van der Waals surface area contributed by atoms with Gasteiger partial charge in [0, 0.05) is 27.1 Å². The minimum atomic E-state index is -0.705. The van der Waals surface area contributed by atoms with E-state index in [2.05, 4.69) is 21.2 Å². The molecular weight excluding hydrogens is 503 g/mol. The van der Waals surface area contributed by atoms with Gasteiger partial charge in [0.05, 0.1) is 0 Å². The van der Waals surface area contributed by atoms with Gasteiger partial charge >= 0.3 is 0 Å². The van der Waals surface area contributed by atoms with Gasteiger partial charge in [-0.05, 0) is 68.7 Å². The molecular formula is C23H27BrCl2N2O3. The van der Waals surface area contributed by atoms with E-state index in [1.165, 1.54) is 4.90 Å². The zero-order valence-electron chi connectivity index (χ0n) is 18.0. The third kappa shape index (κ3) is 7.41. The van der Waals surface area contributed by atoms with Crippen molar-refractivity contribution in [1.82, 2.24) is 10.2 Å². The van der Waals surface area contributed by atoms with Crippen LogP contribution in [-0.2, 0) is 16.1 Å².